The molecule has 0 aliphatic carbocycles. The first-order valence-corrected chi connectivity index (χ1v) is 10.6. The van der Waals surface area contributed by atoms with E-state index in [1.807, 2.05) is 0 Å². The fourth-order valence-electron chi connectivity index (χ4n) is 3.21. The molecule has 0 unspecified atom stereocenters. The van der Waals surface area contributed by atoms with E-state index in [9.17, 15) is 18.0 Å². The van der Waals surface area contributed by atoms with Crippen LogP contribution in [0.1, 0.15) is 22.8 Å². The summed E-state index contributed by atoms with van der Waals surface area (Å²) in [5, 5.41) is 2.68. The summed E-state index contributed by atoms with van der Waals surface area (Å²) in [6, 6.07) is 11.1. The number of para-hydroxylation sites is 1. The molecule has 0 spiro atoms. The molecular formula is C20H23N3O5S. The van der Waals surface area contributed by atoms with Crippen molar-refractivity contribution in [3.63, 3.8) is 0 Å². The van der Waals surface area contributed by atoms with Gasteiger partial charge in [-0.25, -0.2) is 8.42 Å². The average molecular weight is 417 g/mol. The third-order valence-electron chi connectivity index (χ3n) is 4.64. The minimum absolute atomic E-state index is 0.0779. The van der Waals surface area contributed by atoms with E-state index in [-0.39, 0.29) is 22.1 Å². The second kappa shape index (κ2) is 8.62. The molecule has 9 heteroatoms. The number of benzene rings is 2. The van der Waals surface area contributed by atoms with Gasteiger partial charge >= 0.3 is 0 Å². The molecule has 0 atom stereocenters. The van der Waals surface area contributed by atoms with Crippen LogP contribution in [0.25, 0.3) is 0 Å². The Morgan fingerprint density at radius 2 is 1.93 bits per heavy atom. The van der Waals surface area contributed by atoms with Gasteiger partial charge in [-0.05, 0) is 42.3 Å². The van der Waals surface area contributed by atoms with Gasteiger partial charge in [-0.15, -0.1) is 0 Å². The molecule has 1 aliphatic heterocycles. The molecule has 8 nitrogen and oxygen atoms in total. The van der Waals surface area contributed by atoms with Crippen LogP contribution in [0.4, 0.5) is 11.4 Å². The van der Waals surface area contributed by atoms with Gasteiger partial charge in [0.2, 0.25) is 5.91 Å². The number of amides is 2. The Hall–Kier alpha value is -2.91. The molecule has 3 rings (SSSR count). The number of carbonyl (C=O) groups is 2. The second-order valence-electron chi connectivity index (χ2n) is 6.61. The summed E-state index contributed by atoms with van der Waals surface area (Å²) < 4.78 is 33.2. The summed E-state index contributed by atoms with van der Waals surface area (Å²) in [4.78, 5) is 25.8. The van der Waals surface area contributed by atoms with Crippen LogP contribution >= 0.6 is 0 Å². The average Bonchev–Trinajstić information content (AvgIpc) is 3.12. The highest BCUT2D eigenvalue weighted by molar-refractivity contribution is 7.92. The number of carbonyl (C=O) groups excluding carboxylic acids is 2. The lowest BCUT2D eigenvalue weighted by Gasteiger charge is -2.16. The summed E-state index contributed by atoms with van der Waals surface area (Å²) in [7, 11) is -2.38. The van der Waals surface area contributed by atoms with Crippen LogP contribution in [-0.2, 0) is 26.0 Å². The molecule has 2 amide bonds. The lowest BCUT2D eigenvalue weighted by Crippen LogP contribution is -2.28. The Bertz CT molecular complexity index is 1040. The fourth-order valence-corrected chi connectivity index (χ4v) is 4.34. The zero-order valence-corrected chi connectivity index (χ0v) is 17.1. The molecule has 1 aliphatic rings. The summed E-state index contributed by atoms with van der Waals surface area (Å²) >= 11 is 0. The maximum absolute atomic E-state index is 12.9. The highest BCUT2D eigenvalue weighted by atomic mass is 32.2. The zero-order chi connectivity index (χ0) is 21.0. The summed E-state index contributed by atoms with van der Waals surface area (Å²) in [6.45, 7) is 2.68. The Kier molecular flexibility index (Phi) is 6.19. The van der Waals surface area contributed by atoms with Gasteiger partial charge in [0.05, 0.1) is 22.8 Å². The second-order valence-corrected chi connectivity index (χ2v) is 8.29. The van der Waals surface area contributed by atoms with Crippen molar-refractivity contribution >= 4 is 33.2 Å². The first kappa shape index (κ1) is 20.8. The van der Waals surface area contributed by atoms with Crippen LogP contribution in [0.3, 0.4) is 0 Å². The Morgan fingerprint density at radius 1 is 1.17 bits per heavy atom. The van der Waals surface area contributed by atoms with Crippen molar-refractivity contribution in [2.45, 2.75) is 18.2 Å². The number of hydrogen-bond acceptors (Lipinski definition) is 5. The van der Waals surface area contributed by atoms with Crippen molar-refractivity contribution < 1.29 is 22.7 Å². The summed E-state index contributed by atoms with van der Waals surface area (Å²) in [5.74, 6) is -0.475. The molecule has 0 saturated carbocycles. The van der Waals surface area contributed by atoms with E-state index in [4.69, 9.17) is 4.74 Å². The first-order chi connectivity index (χ1) is 13.8. The van der Waals surface area contributed by atoms with E-state index in [0.29, 0.717) is 26.1 Å². The molecule has 0 fully saturated rings. The highest BCUT2D eigenvalue weighted by Crippen LogP contribution is 2.31. The van der Waals surface area contributed by atoms with E-state index in [1.165, 1.54) is 26.2 Å². The fraction of sp³-hybridized carbons (Fsp3) is 0.300. The lowest BCUT2D eigenvalue weighted by molar-refractivity contribution is -0.116. The van der Waals surface area contributed by atoms with Gasteiger partial charge in [0, 0.05) is 32.8 Å². The topological polar surface area (TPSA) is 105 Å². The third kappa shape index (κ3) is 4.57. The van der Waals surface area contributed by atoms with Gasteiger partial charge < -0.3 is 15.0 Å². The van der Waals surface area contributed by atoms with Crippen molar-refractivity contribution in [3.8, 4) is 0 Å². The van der Waals surface area contributed by atoms with Crippen LogP contribution in [0, 0.1) is 0 Å². The van der Waals surface area contributed by atoms with Crippen molar-refractivity contribution in [3.05, 3.63) is 53.6 Å². The van der Waals surface area contributed by atoms with E-state index in [2.05, 4.69) is 10.0 Å². The van der Waals surface area contributed by atoms with Crippen LogP contribution in [0.5, 0.6) is 0 Å². The quantitative estimate of drug-likeness (QED) is 0.668. The number of nitrogens with zero attached hydrogens (tertiary/aromatic N) is 1. The molecule has 0 radical (unpaired) electrons. The van der Waals surface area contributed by atoms with Crippen LogP contribution < -0.4 is 14.9 Å². The third-order valence-corrected chi connectivity index (χ3v) is 6.01. The SMILES string of the molecule is COCCNC(=O)c1ccccc1NS(=O)(=O)c1ccc2c(c1)CCN2C(C)=O. The Morgan fingerprint density at radius 3 is 2.66 bits per heavy atom. The number of nitrogens with one attached hydrogen (secondary N) is 2. The van der Waals surface area contributed by atoms with E-state index in [0.717, 1.165) is 11.3 Å². The number of anilines is 2. The molecule has 2 aromatic carbocycles. The van der Waals surface area contributed by atoms with Crippen LogP contribution in [0.15, 0.2) is 47.4 Å². The summed E-state index contributed by atoms with van der Waals surface area (Å²) in [5.41, 5.74) is 1.94. The standard InChI is InChI=1S/C20H23N3O5S/c1-14(24)23-11-9-15-13-16(7-8-19(15)23)29(26,27)22-18-6-4-3-5-17(18)20(25)21-10-12-28-2/h3-8,13,22H,9-12H2,1-2H3,(H,21,25). The van der Waals surface area contributed by atoms with Crippen LogP contribution in [-0.4, -0.2) is 47.0 Å². The molecule has 29 heavy (non-hydrogen) atoms. The van der Waals surface area contributed by atoms with Crippen molar-refractivity contribution in [2.75, 3.05) is 36.4 Å². The van der Waals surface area contributed by atoms with Gasteiger partial charge in [0.15, 0.2) is 0 Å². The van der Waals surface area contributed by atoms with Crippen LogP contribution in [0.2, 0.25) is 0 Å². The summed E-state index contributed by atoms with van der Waals surface area (Å²) in [6.07, 6.45) is 0.594. The highest BCUT2D eigenvalue weighted by Gasteiger charge is 2.25. The first-order valence-electron chi connectivity index (χ1n) is 9.13. The minimum atomic E-state index is -3.91. The monoisotopic (exact) mass is 417 g/mol. The minimum Gasteiger partial charge on any atom is -0.383 e. The van der Waals surface area contributed by atoms with Crippen molar-refractivity contribution in [1.82, 2.24) is 5.32 Å². The molecule has 1 heterocycles. The molecule has 0 saturated heterocycles. The number of methoxy groups -OCH3 is 1. The number of rotatable bonds is 7. The number of fused-ring (bicyclic) bond motifs is 1. The molecule has 2 N–H and O–H groups in total. The number of sulfonamides is 1. The molecule has 0 aromatic heterocycles. The smallest absolute Gasteiger partial charge is 0.261 e. The molecular weight excluding hydrogens is 394 g/mol. The maximum atomic E-state index is 12.9. The van der Waals surface area contributed by atoms with Crippen molar-refractivity contribution in [1.29, 1.82) is 0 Å². The van der Waals surface area contributed by atoms with Gasteiger partial charge in [-0.1, -0.05) is 12.1 Å². The Balaban J connectivity index is 1.84. The zero-order valence-electron chi connectivity index (χ0n) is 16.3. The van der Waals surface area contributed by atoms with Gasteiger partial charge in [0.25, 0.3) is 15.9 Å². The largest absolute Gasteiger partial charge is 0.383 e. The lowest BCUT2D eigenvalue weighted by atomic mass is 10.1. The number of ether oxygens (including phenoxy) is 1. The predicted molar refractivity (Wildman–Crippen MR) is 110 cm³/mol. The normalized spacial score (nSPS) is 13.1. The van der Waals surface area contributed by atoms with Gasteiger partial charge in [0.1, 0.15) is 0 Å². The molecule has 0 bridgehead atoms. The number of hydrogen-bond donors (Lipinski definition) is 2. The maximum Gasteiger partial charge on any atom is 0.261 e. The van der Waals surface area contributed by atoms with E-state index >= 15 is 0 Å². The Labute approximate surface area is 169 Å². The van der Waals surface area contributed by atoms with Gasteiger partial charge in [-0.2, -0.15) is 0 Å². The predicted octanol–water partition coefficient (Wildman–Crippen LogP) is 1.77. The van der Waals surface area contributed by atoms with E-state index in [1.54, 1.807) is 35.2 Å². The van der Waals surface area contributed by atoms with Crippen molar-refractivity contribution in [2.24, 2.45) is 0 Å². The van der Waals surface area contributed by atoms with Gasteiger partial charge in [-0.3, -0.25) is 14.3 Å². The molecule has 2 aromatic rings. The van der Waals surface area contributed by atoms with E-state index < -0.39 is 15.9 Å². The molecule has 154 valence electrons.